The van der Waals surface area contributed by atoms with Crippen LogP contribution >= 0.6 is 23.2 Å². The van der Waals surface area contributed by atoms with E-state index in [2.05, 4.69) is 0 Å². The lowest BCUT2D eigenvalue weighted by Gasteiger charge is -2.26. The highest BCUT2D eigenvalue weighted by Gasteiger charge is 2.47. The minimum absolute atomic E-state index is 0.0546. The summed E-state index contributed by atoms with van der Waals surface area (Å²) < 4.78 is 33.2. The van der Waals surface area contributed by atoms with Crippen molar-refractivity contribution in [3.05, 3.63) is 99.0 Å². The second-order valence-electron chi connectivity index (χ2n) is 7.40. The van der Waals surface area contributed by atoms with Gasteiger partial charge in [0.1, 0.15) is 11.5 Å². The summed E-state index contributed by atoms with van der Waals surface area (Å²) in [6, 6.07) is 12.5. The molecule has 0 radical (unpaired) electrons. The fourth-order valence-electron chi connectivity index (χ4n) is 3.79. The van der Waals surface area contributed by atoms with E-state index in [1.165, 1.54) is 24.3 Å². The Kier molecular flexibility index (Phi) is 6.59. The van der Waals surface area contributed by atoms with Gasteiger partial charge in [0, 0.05) is 17.3 Å². The molecule has 0 saturated carbocycles. The second-order valence-corrected chi connectivity index (χ2v) is 8.22. The van der Waals surface area contributed by atoms with E-state index in [4.69, 9.17) is 27.9 Å². The van der Waals surface area contributed by atoms with E-state index >= 15 is 0 Å². The molecule has 1 amide bonds. The largest absolute Gasteiger partial charge is 0.507 e. The van der Waals surface area contributed by atoms with Crippen molar-refractivity contribution < 1.29 is 28.2 Å². The van der Waals surface area contributed by atoms with E-state index in [0.717, 1.165) is 17.0 Å². The number of anilines is 1. The zero-order valence-electron chi connectivity index (χ0n) is 17.7. The molecule has 174 valence electrons. The number of carbonyl (C=O) groups is 2. The number of hydrogen-bond donors (Lipinski definition) is 1. The maximum atomic E-state index is 14.0. The van der Waals surface area contributed by atoms with Crippen LogP contribution in [0.4, 0.5) is 14.5 Å². The molecule has 0 aromatic heterocycles. The van der Waals surface area contributed by atoms with Crippen molar-refractivity contribution in [1.82, 2.24) is 0 Å². The number of benzene rings is 3. The van der Waals surface area contributed by atoms with Crippen molar-refractivity contribution in [3.63, 3.8) is 0 Å². The highest BCUT2D eigenvalue weighted by atomic mass is 35.5. The van der Waals surface area contributed by atoms with Gasteiger partial charge in [-0.25, -0.2) is 8.78 Å². The van der Waals surface area contributed by atoms with E-state index < -0.39 is 35.1 Å². The second kappa shape index (κ2) is 9.44. The molecule has 4 rings (SSSR count). The van der Waals surface area contributed by atoms with Gasteiger partial charge in [0.2, 0.25) is 0 Å². The Balaban J connectivity index is 1.96. The lowest BCUT2D eigenvalue weighted by atomic mass is 9.95. The van der Waals surface area contributed by atoms with Gasteiger partial charge in [0.25, 0.3) is 11.7 Å². The first kappa shape index (κ1) is 23.7. The molecule has 34 heavy (non-hydrogen) atoms. The number of rotatable bonds is 5. The number of halogens is 4. The first-order valence-electron chi connectivity index (χ1n) is 10.2. The molecule has 5 nitrogen and oxygen atoms in total. The van der Waals surface area contributed by atoms with Crippen LogP contribution in [0.3, 0.4) is 0 Å². The molecule has 1 fully saturated rings. The molecule has 1 saturated heterocycles. The summed E-state index contributed by atoms with van der Waals surface area (Å²) in [4.78, 5) is 27.2. The number of carbonyl (C=O) groups excluding carboxylic acids is 2. The maximum absolute atomic E-state index is 14.0. The number of aliphatic hydroxyl groups is 1. The number of aliphatic hydroxyl groups excluding tert-OH is 1. The zero-order valence-corrected chi connectivity index (χ0v) is 19.2. The van der Waals surface area contributed by atoms with Gasteiger partial charge in [0.15, 0.2) is 11.6 Å². The standard InChI is InChI=1S/C25H17Cl2F2NO4/c1-2-34-16-5-3-4-13(10-16)22-21(23(31)14-6-8-17(26)18(27)11-14)24(32)25(33)30(22)15-7-9-19(28)20(29)12-15/h3-12,22,31H,2H2,1H3/b23-21+. The number of hydrogen-bond acceptors (Lipinski definition) is 4. The topological polar surface area (TPSA) is 66.8 Å². The van der Waals surface area contributed by atoms with Crippen LogP contribution in [-0.2, 0) is 9.59 Å². The smallest absolute Gasteiger partial charge is 0.300 e. The summed E-state index contributed by atoms with van der Waals surface area (Å²) in [6.07, 6.45) is 0. The predicted molar refractivity (Wildman–Crippen MR) is 125 cm³/mol. The molecule has 0 bridgehead atoms. The Bertz CT molecular complexity index is 1340. The van der Waals surface area contributed by atoms with E-state index in [1.807, 2.05) is 0 Å². The molecule has 1 N–H and O–H groups in total. The number of Topliss-reactive ketones (excluding diaryl/α,β-unsaturated/α-hetero) is 1. The summed E-state index contributed by atoms with van der Waals surface area (Å²) in [5.74, 6) is -4.34. The molecule has 1 aliphatic rings. The quantitative estimate of drug-likeness (QED) is 0.252. The van der Waals surface area contributed by atoms with Crippen LogP contribution in [0.15, 0.2) is 66.2 Å². The lowest BCUT2D eigenvalue weighted by Crippen LogP contribution is -2.29. The van der Waals surface area contributed by atoms with Crippen LogP contribution in [-0.4, -0.2) is 23.4 Å². The van der Waals surface area contributed by atoms with Crippen LogP contribution in [0.25, 0.3) is 5.76 Å². The summed E-state index contributed by atoms with van der Waals surface area (Å²) in [7, 11) is 0. The van der Waals surface area contributed by atoms with E-state index in [0.29, 0.717) is 17.9 Å². The Morgan fingerprint density at radius 3 is 2.44 bits per heavy atom. The number of nitrogens with zero attached hydrogens (tertiary/aromatic N) is 1. The molecular weight excluding hydrogens is 487 g/mol. The van der Waals surface area contributed by atoms with Crippen molar-refractivity contribution in [1.29, 1.82) is 0 Å². The van der Waals surface area contributed by atoms with Gasteiger partial charge in [-0.1, -0.05) is 35.3 Å². The Morgan fingerprint density at radius 2 is 1.76 bits per heavy atom. The third-order valence-corrected chi connectivity index (χ3v) is 6.04. The minimum Gasteiger partial charge on any atom is -0.507 e. The normalized spacial score (nSPS) is 17.3. The number of amides is 1. The SMILES string of the molecule is CCOc1cccc(C2/C(=C(\O)c3ccc(Cl)c(Cl)c3)C(=O)C(=O)N2c2ccc(F)c(F)c2)c1. The third kappa shape index (κ3) is 4.24. The summed E-state index contributed by atoms with van der Waals surface area (Å²) in [5.41, 5.74) is 0.267. The molecule has 3 aromatic carbocycles. The van der Waals surface area contributed by atoms with E-state index in [-0.39, 0.29) is 26.9 Å². The van der Waals surface area contributed by atoms with Crippen LogP contribution in [0, 0.1) is 11.6 Å². The van der Waals surface area contributed by atoms with Crippen LogP contribution in [0.5, 0.6) is 5.75 Å². The highest BCUT2D eigenvalue weighted by molar-refractivity contribution is 6.51. The van der Waals surface area contributed by atoms with Crippen molar-refractivity contribution in [2.75, 3.05) is 11.5 Å². The lowest BCUT2D eigenvalue weighted by molar-refractivity contribution is -0.132. The van der Waals surface area contributed by atoms with Crippen LogP contribution in [0.2, 0.25) is 10.0 Å². The van der Waals surface area contributed by atoms with Crippen molar-refractivity contribution in [2.45, 2.75) is 13.0 Å². The first-order valence-corrected chi connectivity index (χ1v) is 10.9. The Morgan fingerprint density at radius 1 is 1.00 bits per heavy atom. The zero-order chi connectivity index (χ0) is 24.6. The number of ether oxygens (including phenoxy) is 1. The highest BCUT2D eigenvalue weighted by Crippen LogP contribution is 2.43. The average Bonchev–Trinajstić information content (AvgIpc) is 3.08. The van der Waals surface area contributed by atoms with Gasteiger partial charge in [0.05, 0.1) is 28.3 Å². The van der Waals surface area contributed by atoms with Crippen LogP contribution < -0.4 is 9.64 Å². The third-order valence-electron chi connectivity index (χ3n) is 5.30. The van der Waals surface area contributed by atoms with Crippen LogP contribution in [0.1, 0.15) is 24.1 Å². The van der Waals surface area contributed by atoms with E-state index in [1.54, 1.807) is 31.2 Å². The number of ketones is 1. The summed E-state index contributed by atoms with van der Waals surface area (Å²) >= 11 is 12.0. The fourth-order valence-corrected chi connectivity index (χ4v) is 4.09. The Labute approximate surface area is 203 Å². The van der Waals surface area contributed by atoms with Crippen molar-refractivity contribution in [3.8, 4) is 5.75 Å². The maximum Gasteiger partial charge on any atom is 0.300 e. The summed E-state index contributed by atoms with van der Waals surface area (Å²) in [6.45, 7) is 2.17. The molecular formula is C25H17Cl2F2NO4. The molecule has 1 unspecified atom stereocenters. The molecule has 9 heteroatoms. The molecule has 1 heterocycles. The fraction of sp³-hybridized carbons (Fsp3) is 0.120. The molecule has 3 aromatic rings. The van der Waals surface area contributed by atoms with Crippen molar-refractivity contribution >= 4 is 46.3 Å². The molecule has 1 atom stereocenters. The molecule has 0 aliphatic carbocycles. The first-order chi connectivity index (χ1) is 16.2. The summed E-state index contributed by atoms with van der Waals surface area (Å²) in [5, 5.41) is 11.5. The molecule has 1 aliphatic heterocycles. The van der Waals surface area contributed by atoms with E-state index in [9.17, 15) is 23.5 Å². The van der Waals surface area contributed by atoms with Gasteiger partial charge >= 0.3 is 0 Å². The van der Waals surface area contributed by atoms with Gasteiger partial charge < -0.3 is 9.84 Å². The minimum atomic E-state index is -1.19. The predicted octanol–water partition coefficient (Wildman–Crippen LogP) is 6.30. The van der Waals surface area contributed by atoms with Gasteiger partial charge in [-0.05, 0) is 55.0 Å². The van der Waals surface area contributed by atoms with Gasteiger partial charge in [-0.3, -0.25) is 14.5 Å². The Hall–Kier alpha value is -3.42. The monoisotopic (exact) mass is 503 g/mol. The average molecular weight is 504 g/mol. The molecule has 0 spiro atoms. The van der Waals surface area contributed by atoms with Gasteiger partial charge in [-0.2, -0.15) is 0 Å². The van der Waals surface area contributed by atoms with Gasteiger partial charge in [-0.15, -0.1) is 0 Å². The van der Waals surface area contributed by atoms with Crippen molar-refractivity contribution in [2.24, 2.45) is 0 Å².